The van der Waals surface area contributed by atoms with Crippen LogP contribution in [-0.2, 0) is 4.79 Å². The van der Waals surface area contributed by atoms with Crippen LogP contribution in [0.1, 0.15) is 51.6 Å². The lowest BCUT2D eigenvalue weighted by Crippen LogP contribution is -2.31. The van der Waals surface area contributed by atoms with Crippen molar-refractivity contribution in [2.45, 2.75) is 46.1 Å². The summed E-state index contributed by atoms with van der Waals surface area (Å²) in [6, 6.07) is 6.31. The Balaban J connectivity index is 2.73. The highest BCUT2D eigenvalue weighted by atomic mass is 19.1. The van der Waals surface area contributed by atoms with Crippen LogP contribution in [0.3, 0.4) is 0 Å². The number of amides is 1. The zero-order chi connectivity index (χ0) is 15.9. The van der Waals surface area contributed by atoms with Crippen molar-refractivity contribution in [2.75, 3.05) is 13.6 Å². The van der Waals surface area contributed by atoms with Crippen LogP contribution in [-0.4, -0.2) is 19.5 Å². The highest BCUT2D eigenvalue weighted by Gasteiger charge is 2.21. The number of hydrogen-bond acceptors (Lipinski definition) is 2. The van der Waals surface area contributed by atoms with E-state index in [0.717, 1.165) is 24.9 Å². The first-order valence-electron chi connectivity index (χ1n) is 7.51. The molecule has 0 radical (unpaired) electrons. The van der Waals surface area contributed by atoms with Crippen molar-refractivity contribution < 1.29 is 9.18 Å². The first kappa shape index (κ1) is 17.6. The minimum Gasteiger partial charge on any atom is -0.349 e. The summed E-state index contributed by atoms with van der Waals surface area (Å²) in [5, 5.41) is 6.11. The summed E-state index contributed by atoms with van der Waals surface area (Å²) in [6.45, 7) is 7.23. The van der Waals surface area contributed by atoms with Crippen LogP contribution in [0.25, 0.3) is 0 Å². The van der Waals surface area contributed by atoms with E-state index >= 15 is 0 Å². The van der Waals surface area contributed by atoms with Crippen LogP contribution in [0.4, 0.5) is 4.39 Å². The third kappa shape index (κ3) is 7.23. The molecule has 118 valence electrons. The Labute approximate surface area is 127 Å². The molecule has 2 N–H and O–H groups in total. The van der Waals surface area contributed by atoms with Gasteiger partial charge in [-0.1, -0.05) is 32.9 Å². The number of hydrogen-bond donors (Lipinski definition) is 2. The summed E-state index contributed by atoms with van der Waals surface area (Å²) in [6.07, 6.45) is 2.13. The van der Waals surface area contributed by atoms with Gasteiger partial charge in [-0.2, -0.15) is 0 Å². The molecule has 0 aliphatic carbocycles. The number of nitrogens with one attached hydrogen (secondary N) is 2. The van der Waals surface area contributed by atoms with E-state index in [1.165, 1.54) is 12.1 Å². The predicted molar refractivity (Wildman–Crippen MR) is 84.5 cm³/mol. The molecule has 1 rings (SSSR count). The normalized spacial score (nSPS) is 13.0. The Morgan fingerprint density at radius 3 is 2.38 bits per heavy atom. The van der Waals surface area contributed by atoms with Gasteiger partial charge in [-0.25, -0.2) is 4.39 Å². The summed E-state index contributed by atoms with van der Waals surface area (Å²) >= 11 is 0. The monoisotopic (exact) mass is 294 g/mol. The molecule has 0 aromatic heterocycles. The van der Waals surface area contributed by atoms with Gasteiger partial charge in [-0.3, -0.25) is 4.79 Å². The number of carbonyl (C=O) groups excluding carboxylic acids is 1. The van der Waals surface area contributed by atoms with Crippen molar-refractivity contribution in [2.24, 2.45) is 5.41 Å². The molecule has 0 heterocycles. The SMILES string of the molecule is CNCCCC(=O)NC(CC(C)(C)C)c1ccc(F)cc1. The maximum Gasteiger partial charge on any atom is 0.220 e. The van der Waals surface area contributed by atoms with Crippen LogP contribution in [0.15, 0.2) is 24.3 Å². The summed E-state index contributed by atoms with van der Waals surface area (Å²) in [5.41, 5.74) is 1.03. The summed E-state index contributed by atoms with van der Waals surface area (Å²) < 4.78 is 13.1. The fourth-order valence-electron chi connectivity index (χ4n) is 2.25. The highest BCUT2D eigenvalue weighted by molar-refractivity contribution is 5.76. The van der Waals surface area contributed by atoms with Gasteiger partial charge in [0.05, 0.1) is 6.04 Å². The minimum atomic E-state index is -0.256. The van der Waals surface area contributed by atoms with Gasteiger partial charge in [0.1, 0.15) is 5.82 Å². The van der Waals surface area contributed by atoms with Crippen LogP contribution >= 0.6 is 0 Å². The molecule has 1 amide bonds. The fourth-order valence-corrected chi connectivity index (χ4v) is 2.25. The minimum absolute atomic E-state index is 0.0452. The highest BCUT2D eigenvalue weighted by Crippen LogP contribution is 2.29. The molecule has 0 saturated heterocycles. The van der Waals surface area contributed by atoms with Gasteiger partial charge in [0.25, 0.3) is 0 Å². The van der Waals surface area contributed by atoms with Gasteiger partial charge < -0.3 is 10.6 Å². The molecule has 1 unspecified atom stereocenters. The van der Waals surface area contributed by atoms with Crippen molar-refractivity contribution in [1.29, 1.82) is 0 Å². The second kappa shape index (κ2) is 8.13. The fraction of sp³-hybridized carbons (Fsp3) is 0.588. The molecule has 1 aromatic carbocycles. The van der Waals surface area contributed by atoms with Gasteiger partial charge in [0, 0.05) is 6.42 Å². The maximum atomic E-state index is 13.1. The van der Waals surface area contributed by atoms with Crippen molar-refractivity contribution in [3.63, 3.8) is 0 Å². The molecular formula is C17H27FN2O. The van der Waals surface area contributed by atoms with Crippen LogP contribution in [0.5, 0.6) is 0 Å². The standard InChI is InChI=1S/C17H27FN2O/c1-17(2,3)12-15(13-7-9-14(18)10-8-13)20-16(21)6-5-11-19-4/h7-10,15,19H,5-6,11-12H2,1-4H3,(H,20,21). The van der Waals surface area contributed by atoms with Crippen molar-refractivity contribution in [1.82, 2.24) is 10.6 Å². The average molecular weight is 294 g/mol. The maximum absolute atomic E-state index is 13.1. The number of benzene rings is 1. The van der Waals surface area contributed by atoms with Gasteiger partial charge >= 0.3 is 0 Å². The molecule has 0 bridgehead atoms. The lowest BCUT2D eigenvalue weighted by Gasteiger charge is -2.27. The van der Waals surface area contributed by atoms with Gasteiger partial charge in [0.2, 0.25) is 5.91 Å². The van der Waals surface area contributed by atoms with Crippen LogP contribution < -0.4 is 10.6 Å². The Morgan fingerprint density at radius 2 is 1.86 bits per heavy atom. The van der Waals surface area contributed by atoms with Crippen molar-refractivity contribution in [3.8, 4) is 0 Å². The van der Waals surface area contributed by atoms with E-state index in [1.54, 1.807) is 12.1 Å². The topological polar surface area (TPSA) is 41.1 Å². The Morgan fingerprint density at radius 1 is 1.24 bits per heavy atom. The van der Waals surface area contributed by atoms with E-state index in [2.05, 4.69) is 31.4 Å². The predicted octanol–water partition coefficient (Wildman–Crippen LogP) is 3.42. The van der Waals surface area contributed by atoms with E-state index in [1.807, 2.05) is 7.05 Å². The third-order valence-corrected chi connectivity index (χ3v) is 3.25. The Kier molecular flexibility index (Phi) is 6.82. The molecule has 0 saturated carbocycles. The molecule has 0 fully saturated rings. The molecule has 0 spiro atoms. The zero-order valence-electron chi connectivity index (χ0n) is 13.5. The van der Waals surface area contributed by atoms with E-state index in [4.69, 9.17) is 0 Å². The summed E-state index contributed by atoms with van der Waals surface area (Å²) in [4.78, 5) is 12.0. The average Bonchev–Trinajstić information content (AvgIpc) is 2.37. The third-order valence-electron chi connectivity index (χ3n) is 3.25. The Hall–Kier alpha value is -1.42. The van der Waals surface area contributed by atoms with Gasteiger partial charge in [0.15, 0.2) is 0 Å². The zero-order valence-corrected chi connectivity index (χ0v) is 13.5. The number of halogens is 1. The molecular weight excluding hydrogens is 267 g/mol. The lowest BCUT2D eigenvalue weighted by atomic mass is 9.85. The molecule has 4 heteroatoms. The summed E-state index contributed by atoms with van der Waals surface area (Å²) in [5.74, 6) is -0.211. The molecule has 1 aromatic rings. The largest absolute Gasteiger partial charge is 0.349 e. The molecule has 21 heavy (non-hydrogen) atoms. The lowest BCUT2D eigenvalue weighted by molar-refractivity contribution is -0.122. The van der Waals surface area contributed by atoms with E-state index in [9.17, 15) is 9.18 Å². The van der Waals surface area contributed by atoms with Crippen LogP contribution in [0, 0.1) is 11.2 Å². The van der Waals surface area contributed by atoms with Crippen LogP contribution in [0.2, 0.25) is 0 Å². The molecule has 0 aliphatic heterocycles. The van der Waals surface area contributed by atoms with E-state index in [-0.39, 0.29) is 23.2 Å². The molecule has 1 atom stereocenters. The molecule has 0 aliphatic rings. The van der Waals surface area contributed by atoms with E-state index < -0.39 is 0 Å². The second-order valence-electron chi connectivity index (χ2n) is 6.64. The van der Waals surface area contributed by atoms with Crippen molar-refractivity contribution in [3.05, 3.63) is 35.6 Å². The van der Waals surface area contributed by atoms with Gasteiger partial charge in [-0.05, 0) is 49.5 Å². The number of rotatable bonds is 7. The Bertz CT molecular complexity index is 437. The second-order valence-corrected chi connectivity index (χ2v) is 6.64. The molecule has 3 nitrogen and oxygen atoms in total. The smallest absolute Gasteiger partial charge is 0.220 e. The first-order chi connectivity index (χ1) is 9.81. The first-order valence-corrected chi connectivity index (χ1v) is 7.51. The van der Waals surface area contributed by atoms with E-state index in [0.29, 0.717) is 6.42 Å². The quantitative estimate of drug-likeness (QED) is 0.757. The number of carbonyl (C=O) groups is 1. The van der Waals surface area contributed by atoms with Crippen molar-refractivity contribution >= 4 is 5.91 Å². The summed E-state index contributed by atoms with van der Waals surface area (Å²) in [7, 11) is 1.87. The van der Waals surface area contributed by atoms with Gasteiger partial charge in [-0.15, -0.1) is 0 Å².